The van der Waals surface area contributed by atoms with Crippen molar-refractivity contribution >= 4 is 11.8 Å². The maximum absolute atomic E-state index is 12.2. The molecule has 1 aliphatic carbocycles. The molecule has 5 heteroatoms. The number of carbonyl (C=O) groups is 2. The minimum Gasteiger partial charge on any atom is -0.493 e. The van der Waals surface area contributed by atoms with Crippen molar-refractivity contribution in [2.45, 2.75) is 45.6 Å². The predicted octanol–water partition coefficient (Wildman–Crippen LogP) is 2.51. The molecule has 1 fully saturated rings. The topological polar surface area (TPSA) is 67.4 Å². The van der Waals surface area contributed by atoms with Crippen LogP contribution in [0.2, 0.25) is 0 Å². The van der Waals surface area contributed by atoms with E-state index in [1.165, 1.54) is 6.42 Å². The molecule has 0 aromatic heterocycles. The quantitative estimate of drug-likeness (QED) is 0.847. The second kappa shape index (κ2) is 8.56. The van der Waals surface area contributed by atoms with Crippen molar-refractivity contribution < 1.29 is 14.3 Å². The average molecular weight is 318 g/mol. The average Bonchev–Trinajstić information content (AvgIpc) is 2.55. The summed E-state index contributed by atoms with van der Waals surface area (Å²) < 4.78 is 5.44. The van der Waals surface area contributed by atoms with Gasteiger partial charge in [-0.3, -0.25) is 9.59 Å². The van der Waals surface area contributed by atoms with Crippen LogP contribution >= 0.6 is 0 Å². The van der Waals surface area contributed by atoms with E-state index in [0.29, 0.717) is 23.8 Å². The Morgan fingerprint density at radius 1 is 1.22 bits per heavy atom. The molecule has 5 nitrogen and oxygen atoms in total. The number of nitrogens with one attached hydrogen (secondary N) is 2. The molecule has 0 heterocycles. The third-order valence-corrected chi connectivity index (χ3v) is 4.30. The number of amides is 2. The van der Waals surface area contributed by atoms with Crippen LogP contribution in [0.5, 0.6) is 5.75 Å². The van der Waals surface area contributed by atoms with Crippen LogP contribution in [0.1, 0.15) is 49.9 Å². The molecule has 1 aromatic carbocycles. The number of para-hydroxylation sites is 1. The lowest BCUT2D eigenvalue weighted by atomic mass is 9.86. The van der Waals surface area contributed by atoms with E-state index in [1.54, 1.807) is 18.2 Å². The Labute approximate surface area is 137 Å². The molecular formula is C18H26N2O3. The van der Waals surface area contributed by atoms with Crippen LogP contribution in [0, 0.1) is 5.92 Å². The van der Waals surface area contributed by atoms with Gasteiger partial charge in [0, 0.05) is 6.04 Å². The summed E-state index contributed by atoms with van der Waals surface area (Å²) in [6.07, 6.45) is 4.56. The summed E-state index contributed by atoms with van der Waals surface area (Å²) in [6.45, 7) is 4.52. The zero-order valence-electron chi connectivity index (χ0n) is 13.9. The molecule has 2 atom stereocenters. The van der Waals surface area contributed by atoms with Gasteiger partial charge in [0.05, 0.1) is 18.7 Å². The van der Waals surface area contributed by atoms with Crippen LogP contribution in [0.25, 0.3) is 0 Å². The summed E-state index contributed by atoms with van der Waals surface area (Å²) in [5, 5.41) is 5.70. The number of carbonyl (C=O) groups excluding carboxylic acids is 2. The Morgan fingerprint density at radius 3 is 2.70 bits per heavy atom. The van der Waals surface area contributed by atoms with E-state index in [4.69, 9.17) is 4.74 Å². The molecule has 126 valence electrons. The zero-order valence-corrected chi connectivity index (χ0v) is 13.9. The number of hydrogen-bond donors (Lipinski definition) is 2. The Hall–Kier alpha value is -2.04. The molecule has 2 rings (SSSR count). The fourth-order valence-electron chi connectivity index (χ4n) is 2.98. The molecule has 23 heavy (non-hydrogen) atoms. The van der Waals surface area contributed by atoms with Gasteiger partial charge in [0.2, 0.25) is 5.91 Å². The smallest absolute Gasteiger partial charge is 0.255 e. The van der Waals surface area contributed by atoms with Crippen LogP contribution in [0.15, 0.2) is 24.3 Å². The molecule has 0 bridgehead atoms. The van der Waals surface area contributed by atoms with E-state index >= 15 is 0 Å². The lowest BCUT2D eigenvalue weighted by Crippen LogP contribution is -2.45. The first-order chi connectivity index (χ1) is 11.1. The summed E-state index contributed by atoms with van der Waals surface area (Å²) in [7, 11) is 0. The highest BCUT2D eigenvalue weighted by atomic mass is 16.5. The molecule has 0 saturated heterocycles. The molecule has 1 saturated carbocycles. The van der Waals surface area contributed by atoms with Gasteiger partial charge >= 0.3 is 0 Å². The minimum absolute atomic E-state index is 0.0114. The highest BCUT2D eigenvalue weighted by molar-refractivity contribution is 5.98. The monoisotopic (exact) mass is 318 g/mol. The van der Waals surface area contributed by atoms with Crippen LogP contribution in [0.3, 0.4) is 0 Å². The normalized spacial score (nSPS) is 20.6. The first kappa shape index (κ1) is 17.3. The van der Waals surface area contributed by atoms with Crippen molar-refractivity contribution in [3.63, 3.8) is 0 Å². The van der Waals surface area contributed by atoms with Gasteiger partial charge in [-0.1, -0.05) is 31.9 Å². The Morgan fingerprint density at radius 2 is 1.96 bits per heavy atom. The highest BCUT2D eigenvalue weighted by Gasteiger charge is 2.23. The predicted molar refractivity (Wildman–Crippen MR) is 89.5 cm³/mol. The van der Waals surface area contributed by atoms with Crippen molar-refractivity contribution in [3.8, 4) is 5.75 Å². The van der Waals surface area contributed by atoms with Crippen molar-refractivity contribution in [2.24, 2.45) is 5.92 Å². The van der Waals surface area contributed by atoms with E-state index in [9.17, 15) is 9.59 Å². The van der Waals surface area contributed by atoms with Crippen molar-refractivity contribution in [3.05, 3.63) is 29.8 Å². The molecule has 1 aromatic rings. The highest BCUT2D eigenvalue weighted by Crippen LogP contribution is 2.23. The molecule has 2 unspecified atom stereocenters. The number of benzene rings is 1. The lowest BCUT2D eigenvalue weighted by Gasteiger charge is -2.29. The van der Waals surface area contributed by atoms with Crippen LogP contribution in [-0.2, 0) is 4.79 Å². The van der Waals surface area contributed by atoms with Gasteiger partial charge in [-0.15, -0.1) is 0 Å². The molecule has 2 N–H and O–H groups in total. The maximum atomic E-state index is 12.2. The number of rotatable bonds is 6. The molecule has 0 aliphatic heterocycles. The summed E-state index contributed by atoms with van der Waals surface area (Å²) in [4.78, 5) is 24.3. The Kier molecular flexibility index (Phi) is 6.44. The number of hydrogen-bond acceptors (Lipinski definition) is 3. The summed E-state index contributed by atoms with van der Waals surface area (Å²) in [5.74, 6) is 0.614. The third kappa shape index (κ3) is 4.98. The molecule has 0 spiro atoms. The van der Waals surface area contributed by atoms with Gasteiger partial charge in [-0.25, -0.2) is 0 Å². The zero-order chi connectivity index (χ0) is 16.7. The van der Waals surface area contributed by atoms with Gasteiger partial charge in [0.25, 0.3) is 5.91 Å². The fraction of sp³-hybridized carbons (Fsp3) is 0.556. The van der Waals surface area contributed by atoms with Crippen LogP contribution in [0.4, 0.5) is 0 Å². The SMILES string of the molecule is CCOc1ccccc1C(=O)NCC(=O)NC1CCCCC1C. The Bertz CT molecular complexity index is 545. The van der Waals surface area contributed by atoms with Gasteiger partial charge in [-0.05, 0) is 37.8 Å². The van der Waals surface area contributed by atoms with Gasteiger partial charge < -0.3 is 15.4 Å². The third-order valence-electron chi connectivity index (χ3n) is 4.30. The first-order valence-corrected chi connectivity index (χ1v) is 8.41. The number of ether oxygens (including phenoxy) is 1. The summed E-state index contributed by atoms with van der Waals surface area (Å²) >= 11 is 0. The summed E-state index contributed by atoms with van der Waals surface area (Å²) in [6, 6.07) is 7.27. The second-order valence-corrected chi connectivity index (χ2v) is 6.05. The molecular weight excluding hydrogens is 292 g/mol. The van der Waals surface area contributed by atoms with Crippen molar-refractivity contribution in [1.82, 2.24) is 10.6 Å². The molecule has 2 amide bonds. The van der Waals surface area contributed by atoms with Crippen LogP contribution < -0.4 is 15.4 Å². The summed E-state index contributed by atoms with van der Waals surface area (Å²) in [5.41, 5.74) is 0.452. The van der Waals surface area contributed by atoms with E-state index in [-0.39, 0.29) is 24.4 Å². The minimum atomic E-state index is -0.291. The van der Waals surface area contributed by atoms with E-state index in [1.807, 2.05) is 13.0 Å². The maximum Gasteiger partial charge on any atom is 0.255 e. The van der Waals surface area contributed by atoms with Gasteiger partial charge in [0.15, 0.2) is 0 Å². The van der Waals surface area contributed by atoms with Crippen molar-refractivity contribution in [1.29, 1.82) is 0 Å². The standard InChI is InChI=1S/C18H26N2O3/c1-3-23-16-11-7-5-9-14(16)18(22)19-12-17(21)20-15-10-6-4-8-13(15)2/h5,7,9,11,13,15H,3-4,6,8,10,12H2,1-2H3,(H,19,22)(H,20,21). The fourth-order valence-corrected chi connectivity index (χ4v) is 2.98. The molecule has 0 radical (unpaired) electrons. The van der Waals surface area contributed by atoms with Gasteiger partial charge in [0.1, 0.15) is 5.75 Å². The van der Waals surface area contributed by atoms with E-state index in [0.717, 1.165) is 19.3 Å². The second-order valence-electron chi connectivity index (χ2n) is 6.05. The molecule has 1 aliphatic rings. The van der Waals surface area contributed by atoms with E-state index < -0.39 is 0 Å². The van der Waals surface area contributed by atoms with E-state index in [2.05, 4.69) is 17.6 Å². The first-order valence-electron chi connectivity index (χ1n) is 8.41. The largest absolute Gasteiger partial charge is 0.493 e. The van der Waals surface area contributed by atoms with Gasteiger partial charge in [-0.2, -0.15) is 0 Å². The van der Waals surface area contributed by atoms with Crippen molar-refractivity contribution in [2.75, 3.05) is 13.2 Å². The van der Waals surface area contributed by atoms with Crippen LogP contribution in [-0.4, -0.2) is 31.0 Å². The lowest BCUT2D eigenvalue weighted by molar-refractivity contribution is -0.121. The Balaban J connectivity index is 1.85.